The summed E-state index contributed by atoms with van der Waals surface area (Å²) >= 11 is 0. The highest BCUT2D eigenvalue weighted by Crippen LogP contribution is 2.36. The van der Waals surface area contributed by atoms with Gasteiger partial charge in [0.05, 0.1) is 6.33 Å². The van der Waals surface area contributed by atoms with Crippen molar-refractivity contribution in [3.05, 3.63) is 12.7 Å². The third-order valence-corrected chi connectivity index (χ3v) is 3.60. The quantitative estimate of drug-likeness (QED) is 0.798. The Hall–Kier alpha value is -1.69. The van der Waals surface area contributed by atoms with Gasteiger partial charge in [-0.1, -0.05) is 6.42 Å². The van der Waals surface area contributed by atoms with Crippen molar-refractivity contribution in [2.75, 3.05) is 12.3 Å². The first kappa shape index (κ1) is 10.5. The van der Waals surface area contributed by atoms with Gasteiger partial charge >= 0.3 is 0 Å². The second-order valence-corrected chi connectivity index (χ2v) is 4.52. The second kappa shape index (κ2) is 3.96. The van der Waals surface area contributed by atoms with Crippen LogP contribution in [0.25, 0.3) is 11.2 Å². The van der Waals surface area contributed by atoms with Crippen LogP contribution in [0.5, 0.6) is 0 Å². The fourth-order valence-corrected chi connectivity index (χ4v) is 2.71. The first-order valence-electron chi connectivity index (χ1n) is 5.85. The molecule has 0 amide bonds. The zero-order chi connectivity index (χ0) is 11.8. The lowest BCUT2D eigenvalue weighted by atomic mass is 10.1. The highest BCUT2D eigenvalue weighted by molar-refractivity contribution is 5.81. The van der Waals surface area contributed by atoms with Crippen molar-refractivity contribution in [1.29, 1.82) is 0 Å². The van der Waals surface area contributed by atoms with Gasteiger partial charge in [-0.25, -0.2) is 15.0 Å². The highest BCUT2D eigenvalue weighted by atomic mass is 16.3. The molecule has 6 heteroatoms. The maximum atomic E-state index is 9.37. The first-order valence-corrected chi connectivity index (χ1v) is 5.85. The lowest BCUT2D eigenvalue weighted by Gasteiger charge is -2.19. The standard InChI is InChI=1S/C11H15N5O/c12-10-9-11(14-5-13-10)16(6-15-9)8-3-1-2-7(8)4-17/h5-8,17H,1-4H2,(H2,12,13,14)/t7-,8+/m1/s1. The molecule has 0 spiro atoms. The van der Waals surface area contributed by atoms with Crippen LogP contribution < -0.4 is 5.73 Å². The van der Waals surface area contributed by atoms with Crippen molar-refractivity contribution in [3.63, 3.8) is 0 Å². The van der Waals surface area contributed by atoms with Crippen molar-refractivity contribution in [1.82, 2.24) is 19.5 Å². The summed E-state index contributed by atoms with van der Waals surface area (Å²) in [5, 5.41) is 9.37. The molecule has 2 heterocycles. The molecule has 17 heavy (non-hydrogen) atoms. The van der Waals surface area contributed by atoms with Gasteiger partial charge in [0.25, 0.3) is 0 Å². The summed E-state index contributed by atoms with van der Waals surface area (Å²) in [5.41, 5.74) is 7.17. The van der Waals surface area contributed by atoms with E-state index in [1.165, 1.54) is 6.33 Å². The molecular weight excluding hydrogens is 218 g/mol. The highest BCUT2D eigenvalue weighted by Gasteiger charge is 2.29. The molecule has 3 N–H and O–H groups in total. The van der Waals surface area contributed by atoms with E-state index in [1.54, 1.807) is 6.33 Å². The fourth-order valence-electron chi connectivity index (χ4n) is 2.71. The predicted octanol–water partition coefficient (Wildman–Crippen LogP) is 0.742. The van der Waals surface area contributed by atoms with Crippen LogP contribution in [0.15, 0.2) is 12.7 Å². The third-order valence-electron chi connectivity index (χ3n) is 3.60. The van der Waals surface area contributed by atoms with Crippen molar-refractivity contribution >= 4 is 17.0 Å². The number of nitrogens with two attached hydrogens (primary N) is 1. The molecule has 2 aromatic rings. The topological polar surface area (TPSA) is 89.9 Å². The van der Waals surface area contributed by atoms with Gasteiger partial charge in [0.15, 0.2) is 11.5 Å². The Kier molecular flexibility index (Phi) is 2.44. The number of fused-ring (bicyclic) bond motifs is 1. The van der Waals surface area contributed by atoms with Gasteiger partial charge in [0.2, 0.25) is 0 Å². The molecule has 0 radical (unpaired) electrons. The molecule has 0 aliphatic heterocycles. The SMILES string of the molecule is Nc1ncnc2c1ncn2[C@H]1CCC[C@@H]1CO. The summed E-state index contributed by atoms with van der Waals surface area (Å²) in [6, 6.07) is 0.277. The molecule has 2 atom stereocenters. The average molecular weight is 233 g/mol. The van der Waals surface area contributed by atoms with Gasteiger partial charge in [-0.05, 0) is 12.8 Å². The van der Waals surface area contributed by atoms with Crippen LogP contribution in [-0.2, 0) is 0 Å². The first-order chi connectivity index (χ1) is 8.31. The Morgan fingerprint density at radius 1 is 1.35 bits per heavy atom. The minimum Gasteiger partial charge on any atom is -0.396 e. The second-order valence-electron chi connectivity index (χ2n) is 4.52. The van der Waals surface area contributed by atoms with Crippen molar-refractivity contribution in [3.8, 4) is 0 Å². The van der Waals surface area contributed by atoms with Crippen LogP contribution in [0.2, 0.25) is 0 Å². The van der Waals surface area contributed by atoms with Gasteiger partial charge in [-0.3, -0.25) is 0 Å². The van der Waals surface area contributed by atoms with Crippen LogP contribution >= 0.6 is 0 Å². The summed E-state index contributed by atoms with van der Waals surface area (Å²) in [6.07, 6.45) is 6.46. The molecule has 0 aromatic carbocycles. The number of nitrogen functional groups attached to an aromatic ring is 1. The number of aliphatic hydroxyl groups is 1. The van der Waals surface area contributed by atoms with Crippen LogP contribution in [0.3, 0.4) is 0 Å². The molecule has 1 aliphatic rings. The largest absolute Gasteiger partial charge is 0.396 e. The monoisotopic (exact) mass is 233 g/mol. The minimum atomic E-state index is 0.213. The number of aliphatic hydroxyl groups excluding tert-OH is 1. The van der Waals surface area contributed by atoms with Gasteiger partial charge in [0.1, 0.15) is 11.8 Å². The number of aromatic nitrogens is 4. The normalized spacial score (nSPS) is 24.5. The number of imidazole rings is 1. The summed E-state index contributed by atoms with van der Waals surface area (Å²) < 4.78 is 2.03. The summed E-state index contributed by atoms with van der Waals surface area (Å²) in [7, 11) is 0. The third kappa shape index (κ3) is 1.56. The maximum absolute atomic E-state index is 9.37. The zero-order valence-corrected chi connectivity index (χ0v) is 9.45. The van der Waals surface area contributed by atoms with Crippen molar-refractivity contribution in [2.45, 2.75) is 25.3 Å². The lowest BCUT2D eigenvalue weighted by Crippen LogP contribution is -2.16. The van der Waals surface area contributed by atoms with E-state index in [9.17, 15) is 5.11 Å². The molecule has 1 fully saturated rings. The lowest BCUT2D eigenvalue weighted by molar-refractivity contribution is 0.197. The Bertz CT molecular complexity index is 538. The van der Waals surface area contributed by atoms with Crippen LogP contribution in [0, 0.1) is 5.92 Å². The van der Waals surface area contributed by atoms with Gasteiger partial charge in [-0.15, -0.1) is 0 Å². The predicted molar refractivity (Wildman–Crippen MR) is 63.2 cm³/mol. The van der Waals surface area contributed by atoms with E-state index in [2.05, 4.69) is 15.0 Å². The molecule has 3 rings (SSSR count). The Balaban J connectivity index is 2.09. The van der Waals surface area contributed by atoms with Crippen LogP contribution in [0.1, 0.15) is 25.3 Å². The van der Waals surface area contributed by atoms with Crippen molar-refractivity contribution in [2.24, 2.45) is 5.92 Å². The van der Waals surface area contributed by atoms with Crippen molar-refractivity contribution < 1.29 is 5.11 Å². The Labute approximate surface area is 98.5 Å². The van der Waals surface area contributed by atoms with E-state index in [0.29, 0.717) is 17.3 Å². The van der Waals surface area contributed by atoms with Gasteiger partial charge < -0.3 is 15.4 Å². The van der Waals surface area contributed by atoms with E-state index in [4.69, 9.17) is 5.73 Å². The van der Waals surface area contributed by atoms with Crippen LogP contribution in [-0.4, -0.2) is 31.2 Å². The molecule has 0 saturated heterocycles. The van der Waals surface area contributed by atoms with E-state index in [-0.39, 0.29) is 12.6 Å². The number of anilines is 1. The minimum absolute atomic E-state index is 0.213. The Morgan fingerprint density at radius 2 is 2.24 bits per heavy atom. The molecule has 90 valence electrons. The molecule has 1 saturated carbocycles. The van der Waals surface area contributed by atoms with E-state index >= 15 is 0 Å². The average Bonchev–Trinajstić information content (AvgIpc) is 2.94. The molecule has 1 aliphatic carbocycles. The molecule has 0 unspecified atom stereocenters. The number of hydrogen-bond donors (Lipinski definition) is 2. The summed E-state index contributed by atoms with van der Waals surface area (Å²) in [6.45, 7) is 0.213. The summed E-state index contributed by atoms with van der Waals surface area (Å²) in [4.78, 5) is 12.4. The number of nitrogens with zero attached hydrogens (tertiary/aromatic N) is 4. The fraction of sp³-hybridized carbons (Fsp3) is 0.545. The smallest absolute Gasteiger partial charge is 0.165 e. The molecule has 0 bridgehead atoms. The zero-order valence-electron chi connectivity index (χ0n) is 9.45. The van der Waals surface area contributed by atoms with Gasteiger partial charge in [0, 0.05) is 18.6 Å². The van der Waals surface area contributed by atoms with Crippen LogP contribution in [0.4, 0.5) is 5.82 Å². The van der Waals surface area contributed by atoms with E-state index in [1.807, 2.05) is 4.57 Å². The number of rotatable bonds is 2. The Morgan fingerprint density at radius 3 is 3.06 bits per heavy atom. The maximum Gasteiger partial charge on any atom is 0.165 e. The molecule has 2 aromatic heterocycles. The van der Waals surface area contributed by atoms with Gasteiger partial charge in [-0.2, -0.15) is 0 Å². The van der Waals surface area contributed by atoms with E-state index < -0.39 is 0 Å². The molecule has 6 nitrogen and oxygen atoms in total. The molecular formula is C11H15N5O. The van der Waals surface area contributed by atoms with E-state index in [0.717, 1.165) is 24.9 Å². The number of hydrogen-bond acceptors (Lipinski definition) is 5. The summed E-state index contributed by atoms with van der Waals surface area (Å²) in [5.74, 6) is 0.705.